The molecule has 2 N–H and O–H groups in total. The average Bonchev–Trinajstić information content (AvgIpc) is 3.11. The lowest BCUT2D eigenvalue weighted by molar-refractivity contribution is 0.0785. The van der Waals surface area contributed by atoms with Gasteiger partial charge in [0.15, 0.2) is 0 Å². The lowest BCUT2D eigenvalue weighted by atomic mass is 9.89. The summed E-state index contributed by atoms with van der Waals surface area (Å²) < 4.78 is 6.11. The number of hydrogen-bond acceptors (Lipinski definition) is 4. The van der Waals surface area contributed by atoms with Crippen molar-refractivity contribution in [2.75, 3.05) is 32.8 Å². The molecule has 1 saturated heterocycles. The minimum absolute atomic E-state index is 0.554. The highest BCUT2D eigenvalue weighted by atomic mass is 16.5. The molecular weight excluding hydrogens is 336 g/mol. The zero-order chi connectivity index (χ0) is 18.9. The summed E-state index contributed by atoms with van der Waals surface area (Å²) in [5.41, 5.74) is 4.69. The van der Waals surface area contributed by atoms with Gasteiger partial charge in [-0.15, -0.1) is 0 Å². The number of aliphatic hydroxyl groups is 1. The third-order valence-corrected chi connectivity index (χ3v) is 5.67. The quantitative estimate of drug-likeness (QED) is 0.855. The molecule has 1 aromatic rings. The van der Waals surface area contributed by atoms with Gasteiger partial charge in [0.25, 0.3) is 0 Å². The highest BCUT2D eigenvalue weighted by Gasteiger charge is 2.25. The maximum absolute atomic E-state index is 10.5. The fourth-order valence-electron chi connectivity index (χ4n) is 4.10. The molecule has 27 heavy (non-hydrogen) atoms. The van der Waals surface area contributed by atoms with Gasteiger partial charge in [-0.3, -0.25) is 0 Å². The summed E-state index contributed by atoms with van der Waals surface area (Å²) >= 11 is 0. The first-order chi connectivity index (χ1) is 13.0. The molecule has 4 heteroatoms. The molecular formula is C23H30N2O2. The summed E-state index contributed by atoms with van der Waals surface area (Å²) in [7, 11) is 0. The van der Waals surface area contributed by atoms with E-state index in [1.165, 1.54) is 37.1 Å². The number of dihydropyridines is 1. The second-order valence-electron chi connectivity index (χ2n) is 8.19. The van der Waals surface area contributed by atoms with Crippen LogP contribution in [0.1, 0.15) is 44.2 Å². The van der Waals surface area contributed by atoms with Crippen LogP contribution >= 0.6 is 0 Å². The van der Waals surface area contributed by atoms with Crippen molar-refractivity contribution in [3.63, 3.8) is 0 Å². The summed E-state index contributed by atoms with van der Waals surface area (Å²) in [6.45, 7) is 8.60. The van der Waals surface area contributed by atoms with Crippen LogP contribution in [-0.2, 0) is 5.60 Å². The Labute approximate surface area is 162 Å². The normalized spacial score (nSPS) is 21.5. The number of rotatable bonds is 4. The van der Waals surface area contributed by atoms with Crippen LogP contribution in [-0.4, -0.2) is 42.8 Å². The molecule has 3 heterocycles. The maximum atomic E-state index is 10.5. The third-order valence-electron chi connectivity index (χ3n) is 5.67. The van der Waals surface area contributed by atoms with Crippen molar-refractivity contribution in [3.8, 4) is 5.75 Å². The molecule has 4 rings (SSSR count). The van der Waals surface area contributed by atoms with Gasteiger partial charge in [-0.25, -0.2) is 0 Å². The highest BCUT2D eigenvalue weighted by Crippen LogP contribution is 2.39. The summed E-state index contributed by atoms with van der Waals surface area (Å²) in [6, 6.07) is 6.06. The van der Waals surface area contributed by atoms with Crippen molar-refractivity contribution in [1.29, 1.82) is 0 Å². The number of ether oxygens (including phenoxy) is 1. The van der Waals surface area contributed by atoms with E-state index in [0.29, 0.717) is 6.61 Å². The molecule has 0 atom stereocenters. The van der Waals surface area contributed by atoms with E-state index in [9.17, 15) is 5.11 Å². The Hall–Kier alpha value is -2.04. The van der Waals surface area contributed by atoms with Crippen LogP contribution in [0.4, 0.5) is 0 Å². The molecule has 1 fully saturated rings. The van der Waals surface area contributed by atoms with Gasteiger partial charge in [0.05, 0.1) is 11.3 Å². The van der Waals surface area contributed by atoms with E-state index in [2.05, 4.69) is 34.5 Å². The number of benzene rings is 1. The van der Waals surface area contributed by atoms with E-state index < -0.39 is 5.60 Å². The molecule has 0 amide bonds. The Bertz CT molecular complexity index is 793. The number of fused-ring (bicyclic) bond motifs is 1. The van der Waals surface area contributed by atoms with Gasteiger partial charge in [0, 0.05) is 24.2 Å². The first-order valence-corrected chi connectivity index (χ1v) is 10.1. The topological polar surface area (TPSA) is 44.7 Å². The van der Waals surface area contributed by atoms with Crippen molar-refractivity contribution >= 4 is 5.57 Å². The number of hydrogen-bond donors (Lipinski definition) is 2. The molecule has 3 aliphatic heterocycles. The minimum atomic E-state index is -0.875. The standard InChI is InChI=1S/C23H30N2O2/c1-23(2,26)17-9-10-22-20(15-17)18(8-6-14-25-12-3-4-13-25)19-7-5-11-24-21(19)16-27-22/h5,7-10,15,24,26H,3-4,6,11-14,16H2,1-2H3/b18-8+. The van der Waals surface area contributed by atoms with E-state index in [4.69, 9.17) is 4.74 Å². The van der Waals surface area contributed by atoms with Gasteiger partial charge in [-0.1, -0.05) is 24.3 Å². The molecule has 0 aliphatic carbocycles. The summed E-state index contributed by atoms with van der Waals surface area (Å²) in [4.78, 5) is 2.54. The minimum Gasteiger partial charge on any atom is -0.487 e. The average molecular weight is 367 g/mol. The molecule has 0 spiro atoms. The van der Waals surface area contributed by atoms with Crippen LogP contribution < -0.4 is 10.1 Å². The Morgan fingerprint density at radius 2 is 2.07 bits per heavy atom. The summed E-state index contributed by atoms with van der Waals surface area (Å²) in [6.07, 6.45) is 10.4. The smallest absolute Gasteiger partial charge is 0.128 e. The molecule has 4 nitrogen and oxygen atoms in total. The Morgan fingerprint density at radius 3 is 2.85 bits per heavy atom. The van der Waals surface area contributed by atoms with Gasteiger partial charge in [0.1, 0.15) is 12.4 Å². The van der Waals surface area contributed by atoms with Gasteiger partial charge in [-0.05, 0) is 69.5 Å². The van der Waals surface area contributed by atoms with Crippen molar-refractivity contribution in [1.82, 2.24) is 10.2 Å². The molecule has 0 radical (unpaired) electrons. The summed E-state index contributed by atoms with van der Waals surface area (Å²) in [5, 5.41) is 14.0. The van der Waals surface area contributed by atoms with Crippen molar-refractivity contribution in [3.05, 3.63) is 58.8 Å². The predicted octanol–water partition coefficient (Wildman–Crippen LogP) is 3.59. The highest BCUT2D eigenvalue weighted by molar-refractivity contribution is 5.86. The Morgan fingerprint density at radius 1 is 1.26 bits per heavy atom. The van der Waals surface area contributed by atoms with E-state index in [1.807, 2.05) is 26.0 Å². The first kappa shape index (κ1) is 18.3. The van der Waals surface area contributed by atoms with E-state index in [0.717, 1.165) is 42.1 Å². The fourth-order valence-corrected chi connectivity index (χ4v) is 4.10. The van der Waals surface area contributed by atoms with Gasteiger partial charge in [-0.2, -0.15) is 0 Å². The second-order valence-corrected chi connectivity index (χ2v) is 8.19. The number of allylic oxidation sites excluding steroid dienone is 3. The lowest BCUT2D eigenvalue weighted by Crippen LogP contribution is -2.22. The molecule has 0 aromatic heterocycles. The van der Waals surface area contributed by atoms with Crippen LogP contribution in [0.3, 0.4) is 0 Å². The lowest BCUT2D eigenvalue weighted by Gasteiger charge is -2.21. The van der Waals surface area contributed by atoms with Crippen molar-refractivity contribution in [2.24, 2.45) is 0 Å². The molecule has 1 aromatic carbocycles. The van der Waals surface area contributed by atoms with E-state index in [-0.39, 0.29) is 0 Å². The van der Waals surface area contributed by atoms with E-state index in [1.54, 1.807) is 0 Å². The van der Waals surface area contributed by atoms with E-state index >= 15 is 0 Å². The van der Waals surface area contributed by atoms with Crippen LogP contribution in [0.5, 0.6) is 5.75 Å². The fraction of sp³-hybridized carbons (Fsp3) is 0.478. The third kappa shape index (κ3) is 3.97. The summed E-state index contributed by atoms with van der Waals surface area (Å²) in [5.74, 6) is 0.889. The largest absolute Gasteiger partial charge is 0.487 e. The van der Waals surface area contributed by atoms with Gasteiger partial charge in [0.2, 0.25) is 0 Å². The van der Waals surface area contributed by atoms with Crippen LogP contribution in [0.15, 0.2) is 47.7 Å². The Balaban J connectivity index is 1.72. The number of likely N-dealkylation sites (tertiary alicyclic amines) is 1. The van der Waals surface area contributed by atoms with Crippen LogP contribution in [0.25, 0.3) is 5.57 Å². The first-order valence-electron chi connectivity index (χ1n) is 10.1. The van der Waals surface area contributed by atoms with Gasteiger partial charge < -0.3 is 20.1 Å². The molecule has 0 bridgehead atoms. The monoisotopic (exact) mass is 366 g/mol. The second kappa shape index (κ2) is 7.53. The maximum Gasteiger partial charge on any atom is 0.128 e. The Kier molecular flexibility index (Phi) is 5.11. The zero-order valence-corrected chi connectivity index (χ0v) is 16.4. The molecule has 3 aliphatic rings. The van der Waals surface area contributed by atoms with Crippen molar-refractivity contribution in [2.45, 2.75) is 38.7 Å². The zero-order valence-electron chi connectivity index (χ0n) is 16.4. The molecule has 0 unspecified atom stereocenters. The molecule has 0 saturated carbocycles. The van der Waals surface area contributed by atoms with Crippen molar-refractivity contribution < 1.29 is 9.84 Å². The number of nitrogens with zero attached hydrogens (tertiary/aromatic N) is 1. The van der Waals surface area contributed by atoms with Crippen LogP contribution in [0, 0.1) is 0 Å². The molecule has 144 valence electrons. The number of nitrogens with one attached hydrogen (secondary N) is 1. The van der Waals surface area contributed by atoms with Gasteiger partial charge >= 0.3 is 0 Å². The van der Waals surface area contributed by atoms with Crippen LogP contribution in [0.2, 0.25) is 0 Å². The SMILES string of the molecule is CC(C)(O)c1ccc2c(c1)/C(=C/CCN1CCCC1)C1=C(CO2)NCC=C1. The predicted molar refractivity (Wildman–Crippen MR) is 110 cm³/mol.